The Kier molecular flexibility index (Phi) is 6.98. The summed E-state index contributed by atoms with van der Waals surface area (Å²) < 4.78 is 21.4. The van der Waals surface area contributed by atoms with E-state index in [-0.39, 0.29) is 22.9 Å². The quantitative estimate of drug-likeness (QED) is 0.401. The smallest absolute Gasteiger partial charge is 0.342 e. The molecule has 1 aromatic heterocycles. The summed E-state index contributed by atoms with van der Waals surface area (Å²) in [4.78, 5) is 21.0. The van der Waals surface area contributed by atoms with Gasteiger partial charge in [-0.1, -0.05) is 19.9 Å². The number of hydrogen-bond donors (Lipinski definition) is 0. The van der Waals surface area contributed by atoms with E-state index >= 15 is 0 Å². The number of carbonyl (C=O) groups is 1. The van der Waals surface area contributed by atoms with Crippen molar-refractivity contribution < 1.29 is 23.7 Å². The molecule has 0 aliphatic heterocycles. The summed E-state index contributed by atoms with van der Waals surface area (Å²) in [7, 11) is 4.17. The van der Waals surface area contributed by atoms with Gasteiger partial charge in [0.2, 0.25) is 11.8 Å². The number of aryl methyl sites for hydroxylation is 2. The van der Waals surface area contributed by atoms with E-state index in [1.165, 1.54) is 27.6 Å². The van der Waals surface area contributed by atoms with Crippen LogP contribution in [0.3, 0.4) is 0 Å². The molecule has 0 aliphatic carbocycles. The molecule has 1 heterocycles. The zero-order valence-corrected chi connectivity index (χ0v) is 17.3. The molecule has 150 valence electrons. The molecule has 1 aromatic carbocycles. The molecular formula is C21H26N2O5. The van der Waals surface area contributed by atoms with Gasteiger partial charge in [-0.2, -0.15) is 9.97 Å². The fraction of sp³-hybridized carbons (Fsp3) is 0.381. The van der Waals surface area contributed by atoms with Crippen molar-refractivity contribution in [3.8, 4) is 17.5 Å². The largest absolute Gasteiger partial charge is 0.503 e. The van der Waals surface area contributed by atoms with Crippen LogP contribution in [-0.2, 0) is 14.3 Å². The monoisotopic (exact) mass is 386 g/mol. The average molecular weight is 386 g/mol. The lowest BCUT2D eigenvalue weighted by Gasteiger charge is -2.16. The number of methoxy groups -OCH3 is 3. The molecular weight excluding hydrogens is 360 g/mol. The van der Waals surface area contributed by atoms with E-state index in [4.69, 9.17) is 18.9 Å². The predicted molar refractivity (Wildman–Crippen MR) is 106 cm³/mol. The fourth-order valence-electron chi connectivity index (χ4n) is 2.69. The van der Waals surface area contributed by atoms with Crippen LogP contribution < -0.4 is 9.47 Å². The minimum absolute atomic E-state index is 0.0913. The summed E-state index contributed by atoms with van der Waals surface area (Å²) >= 11 is 0. The van der Waals surface area contributed by atoms with Crippen molar-refractivity contribution in [2.75, 3.05) is 21.3 Å². The minimum Gasteiger partial charge on any atom is -0.503 e. The van der Waals surface area contributed by atoms with Crippen molar-refractivity contribution >= 4 is 11.5 Å². The van der Waals surface area contributed by atoms with Gasteiger partial charge in [-0.25, -0.2) is 4.79 Å². The molecule has 0 saturated carbocycles. The van der Waals surface area contributed by atoms with Gasteiger partial charge in [-0.3, -0.25) is 0 Å². The molecule has 7 nitrogen and oxygen atoms in total. The maximum absolute atomic E-state index is 12.3. The summed E-state index contributed by atoms with van der Waals surface area (Å²) in [5, 5.41) is 0. The number of hydrogen-bond acceptors (Lipinski definition) is 7. The third-order valence-electron chi connectivity index (χ3n) is 4.01. The summed E-state index contributed by atoms with van der Waals surface area (Å²) in [6, 6.07) is 5.95. The van der Waals surface area contributed by atoms with Crippen LogP contribution in [0.2, 0.25) is 0 Å². The fourth-order valence-corrected chi connectivity index (χ4v) is 2.69. The topological polar surface area (TPSA) is 79.8 Å². The molecule has 2 aromatic rings. The van der Waals surface area contributed by atoms with Crippen LogP contribution in [0.5, 0.6) is 17.5 Å². The van der Waals surface area contributed by atoms with Gasteiger partial charge in [0.25, 0.3) is 0 Å². The van der Waals surface area contributed by atoms with Gasteiger partial charge in [-0.15, -0.1) is 0 Å². The number of carbonyl (C=O) groups excluding carboxylic acids is 1. The first-order valence-electron chi connectivity index (χ1n) is 8.84. The van der Waals surface area contributed by atoms with E-state index in [9.17, 15) is 4.79 Å². The Bertz CT molecular complexity index is 891. The van der Waals surface area contributed by atoms with Gasteiger partial charge in [0.1, 0.15) is 22.7 Å². The van der Waals surface area contributed by atoms with Crippen LogP contribution >= 0.6 is 0 Å². The summed E-state index contributed by atoms with van der Waals surface area (Å²) in [6.45, 7) is 7.93. The third kappa shape index (κ3) is 4.79. The molecule has 0 bridgehead atoms. The van der Waals surface area contributed by atoms with E-state index in [1.807, 2.05) is 19.1 Å². The lowest BCUT2D eigenvalue weighted by molar-refractivity contribution is -0.133. The molecule has 0 aliphatic rings. The van der Waals surface area contributed by atoms with E-state index in [0.717, 1.165) is 11.1 Å². The first kappa shape index (κ1) is 21.2. The molecule has 0 spiro atoms. The second-order valence-corrected chi connectivity index (χ2v) is 6.56. The van der Waals surface area contributed by atoms with E-state index in [2.05, 4.69) is 29.9 Å². The average Bonchev–Trinajstić information content (AvgIpc) is 2.65. The third-order valence-corrected chi connectivity index (χ3v) is 4.01. The Balaban J connectivity index is 2.66. The lowest BCUT2D eigenvalue weighted by Crippen LogP contribution is -2.10. The van der Waals surface area contributed by atoms with Gasteiger partial charge in [0.15, 0.2) is 0 Å². The second-order valence-electron chi connectivity index (χ2n) is 6.56. The maximum Gasteiger partial charge on any atom is 0.342 e. The summed E-state index contributed by atoms with van der Waals surface area (Å²) in [5.41, 5.74) is 2.54. The van der Waals surface area contributed by atoms with Gasteiger partial charge in [0.05, 0.1) is 27.6 Å². The van der Waals surface area contributed by atoms with Gasteiger partial charge >= 0.3 is 5.97 Å². The second kappa shape index (κ2) is 9.21. The van der Waals surface area contributed by atoms with Crippen molar-refractivity contribution in [3.63, 3.8) is 0 Å². The Morgan fingerprint density at radius 2 is 1.71 bits per heavy atom. The molecule has 2 rings (SSSR count). The lowest BCUT2D eigenvalue weighted by atomic mass is 10.0. The highest BCUT2D eigenvalue weighted by Gasteiger charge is 2.26. The van der Waals surface area contributed by atoms with Crippen molar-refractivity contribution in [2.45, 2.75) is 33.6 Å². The number of nitrogens with zero attached hydrogens (tertiary/aromatic N) is 2. The van der Waals surface area contributed by atoms with Crippen molar-refractivity contribution in [1.82, 2.24) is 9.97 Å². The highest BCUT2D eigenvalue weighted by atomic mass is 16.5. The molecule has 28 heavy (non-hydrogen) atoms. The van der Waals surface area contributed by atoms with Crippen LogP contribution in [0, 0.1) is 13.8 Å². The Morgan fingerprint density at radius 3 is 2.29 bits per heavy atom. The normalized spacial score (nSPS) is 11.4. The number of aromatic nitrogens is 2. The summed E-state index contributed by atoms with van der Waals surface area (Å²) in [6.07, 6.45) is 1.25. The van der Waals surface area contributed by atoms with Crippen molar-refractivity contribution in [2.24, 2.45) is 0 Å². The highest BCUT2D eigenvalue weighted by Crippen LogP contribution is 2.36. The number of esters is 1. The number of ether oxygens (including phenoxy) is 4. The Labute approximate surface area is 165 Å². The van der Waals surface area contributed by atoms with Crippen LogP contribution in [0.4, 0.5) is 0 Å². The molecule has 0 fully saturated rings. The van der Waals surface area contributed by atoms with E-state index < -0.39 is 5.97 Å². The maximum atomic E-state index is 12.3. The predicted octanol–water partition coefficient (Wildman–Crippen LogP) is 4.18. The van der Waals surface area contributed by atoms with Crippen molar-refractivity contribution in [1.29, 1.82) is 0 Å². The van der Waals surface area contributed by atoms with Crippen LogP contribution in [-0.4, -0.2) is 37.3 Å². The molecule has 0 N–H and O–H groups in total. The molecule has 0 radical (unpaired) electrons. The SMILES string of the molecule is COC=C(C(=O)OC)c1c(OC)nc(C)nc1Oc1cc(C)cc(C(C)C)c1. The minimum atomic E-state index is -0.621. The first-order chi connectivity index (χ1) is 13.3. The zero-order valence-electron chi connectivity index (χ0n) is 17.3. The molecule has 7 heteroatoms. The van der Waals surface area contributed by atoms with Gasteiger partial charge in [-0.05, 0) is 43.0 Å². The van der Waals surface area contributed by atoms with Crippen LogP contribution in [0.25, 0.3) is 5.57 Å². The molecule has 0 unspecified atom stereocenters. The zero-order chi connectivity index (χ0) is 20.8. The van der Waals surface area contributed by atoms with E-state index in [0.29, 0.717) is 17.5 Å². The Hall–Kier alpha value is -3.09. The molecule has 0 saturated heterocycles. The first-order valence-corrected chi connectivity index (χ1v) is 8.84. The number of rotatable bonds is 7. The molecule has 0 amide bonds. The molecule has 0 atom stereocenters. The van der Waals surface area contributed by atoms with Crippen LogP contribution in [0.15, 0.2) is 24.5 Å². The number of benzene rings is 1. The van der Waals surface area contributed by atoms with Crippen molar-refractivity contribution in [3.05, 3.63) is 47.0 Å². The highest BCUT2D eigenvalue weighted by molar-refractivity contribution is 6.17. The van der Waals surface area contributed by atoms with Gasteiger partial charge < -0.3 is 18.9 Å². The van der Waals surface area contributed by atoms with Crippen LogP contribution in [0.1, 0.15) is 42.3 Å². The standard InChI is InChI=1S/C21H26N2O5/c1-12(2)15-8-13(3)9-16(10-15)28-20-18(17(11-25-5)21(24)27-7)19(26-6)22-14(4)23-20/h8-12H,1-7H3. The Morgan fingerprint density at radius 1 is 1.04 bits per heavy atom. The summed E-state index contributed by atoms with van der Waals surface area (Å²) in [5.74, 6) is 1.12. The van der Waals surface area contributed by atoms with E-state index in [1.54, 1.807) is 6.92 Å². The van der Waals surface area contributed by atoms with Gasteiger partial charge in [0, 0.05) is 0 Å².